The Morgan fingerprint density at radius 2 is 0.627 bits per heavy atom. The molecule has 1 unspecified atom stereocenters. The van der Waals surface area contributed by atoms with Crippen LogP contribution in [0.3, 0.4) is 0 Å². The molecule has 0 N–H and O–H groups in total. The van der Waals surface area contributed by atoms with Gasteiger partial charge in [0.15, 0.2) is 6.10 Å². The van der Waals surface area contributed by atoms with Crippen molar-refractivity contribution in [3.05, 3.63) is 60.8 Å². The second-order valence-corrected chi connectivity index (χ2v) is 19.2. The average Bonchev–Trinajstić information content (AvgIpc) is 3.33. The normalized spacial score (nSPS) is 12.5. The van der Waals surface area contributed by atoms with Gasteiger partial charge in [-0.2, -0.15) is 0 Å². The van der Waals surface area contributed by atoms with E-state index in [2.05, 4.69) is 81.5 Å². The molecule has 0 aromatic rings. The van der Waals surface area contributed by atoms with Crippen LogP contribution < -0.4 is 0 Å². The molecular weight excluding hydrogens is 829 g/mol. The van der Waals surface area contributed by atoms with Gasteiger partial charge in [-0.25, -0.2) is 0 Å². The first-order valence-electron chi connectivity index (χ1n) is 28.8. The minimum absolute atomic E-state index is 0.0856. The van der Waals surface area contributed by atoms with Crippen molar-refractivity contribution >= 4 is 17.9 Å². The van der Waals surface area contributed by atoms with Crippen LogP contribution in [0, 0.1) is 0 Å². The van der Waals surface area contributed by atoms with E-state index in [9.17, 15) is 14.4 Å². The third-order valence-corrected chi connectivity index (χ3v) is 12.5. The number of rotatable bonds is 52. The Hall–Kier alpha value is -2.89. The Balaban J connectivity index is 4.41. The zero-order chi connectivity index (χ0) is 48.6. The van der Waals surface area contributed by atoms with Gasteiger partial charge in [0.05, 0.1) is 0 Å². The summed E-state index contributed by atoms with van der Waals surface area (Å²) in [6.45, 7) is 6.52. The summed E-state index contributed by atoms with van der Waals surface area (Å²) >= 11 is 0. The van der Waals surface area contributed by atoms with E-state index in [4.69, 9.17) is 14.2 Å². The van der Waals surface area contributed by atoms with Crippen molar-refractivity contribution in [2.45, 2.75) is 297 Å². The standard InChI is InChI=1S/C61H108O6/c1-4-7-10-13-16-19-22-25-28-31-34-36-39-42-45-48-51-54-60(63)66-57-58(67-61(64)55-52-49-46-43-40-37-33-30-27-24-21-18-15-12-9-6-3)56-65-59(62)53-50-47-44-41-38-35-32-29-26-23-20-17-14-11-8-5-2/h9,12,18,21,27,29-30,32,35,38,58H,4-8,10-11,13-17,19-20,22-26,28,31,33-34,36-37,39-57H2,1-3H3/b12-9-,21-18-,30-27-,32-29-,38-35-. The van der Waals surface area contributed by atoms with E-state index >= 15 is 0 Å². The molecule has 67 heavy (non-hydrogen) atoms. The summed E-state index contributed by atoms with van der Waals surface area (Å²) in [7, 11) is 0. The van der Waals surface area contributed by atoms with Gasteiger partial charge in [-0.3, -0.25) is 14.4 Å². The fourth-order valence-corrected chi connectivity index (χ4v) is 8.21. The number of carbonyl (C=O) groups is 3. The van der Waals surface area contributed by atoms with Gasteiger partial charge in [-0.05, 0) is 77.0 Å². The molecule has 0 bridgehead atoms. The van der Waals surface area contributed by atoms with Crippen LogP contribution in [0.5, 0.6) is 0 Å². The maximum atomic E-state index is 12.8. The first-order chi connectivity index (χ1) is 33.0. The van der Waals surface area contributed by atoms with Crippen LogP contribution in [0.15, 0.2) is 60.8 Å². The van der Waals surface area contributed by atoms with Gasteiger partial charge in [0, 0.05) is 19.3 Å². The largest absolute Gasteiger partial charge is 0.462 e. The summed E-state index contributed by atoms with van der Waals surface area (Å²) in [4.78, 5) is 38.1. The number of carbonyl (C=O) groups excluding carboxylic acids is 3. The lowest BCUT2D eigenvalue weighted by Crippen LogP contribution is -2.30. The lowest BCUT2D eigenvalue weighted by atomic mass is 10.0. The molecule has 0 aromatic heterocycles. The predicted octanol–water partition coefficient (Wildman–Crippen LogP) is 19.2. The summed E-state index contributed by atoms with van der Waals surface area (Å²) in [5.41, 5.74) is 0. The number of esters is 3. The molecule has 6 heteroatoms. The van der Waals surface area contributed by atoms with E-state index in [0.717, 1.165) is 103 Å². The van der Waals surface area contributed by atoms with Gasteiger partial charge in [-0.15, -0.1) is 0 Å². The van der Waals surface area contributed by atoms with Gasteiger partial charge in [-0.1, -0.05) is 255 Å². The van der Waals surface area contributed by atoms with E-state index in [-0.39, 0.29) is 31.1 Å². The predicted molar refractivity (Wildman–Crippen MR) is 288 cm³/mol. The van der Waals surface area contributed by atoms with Crippen LogP contribution in [0.4, 0.5) is 0 Å². The Bertz CT molecular complexity index is 1210. The molecule has 0 aliphatic rings. The molecule has 0 aromatic carbocycles. The van der Waals surface area contributed by atoms with E-state index in [0.29, 0.717) is 19.3 Å². The molecule has 0 radical (unpaired) electrons. The lowest BCUT2D eigenvalue weighted by molar-refractivity contribution is -0.167. The molecule has 1 atom stereocenters. The van der Waals surface area contributed by atoms with Crippen LogP contribution in [0.25, 0.3) is 0 Å². The number of unbranched alkanes of at least 4 members (excludes halogenated alkanes) is 32. The highest BCUT2D eigenvalue weighted by atomic mass is 16.6. The quantitative estimate of drug-likeness (QED) is 0.0199. The molecule has 0 aliphatic heterocycles. The smallest absolute Gasteiger partial charge is 0.306 e. The van der Waals surface area contributed by atoms with Gasteiger partial charge >= 0.3 is 17.9 Å². The number of hydrogen-bond donors (Lipinski definition) is 0. The molecular formula is C61H108O6. The molecule has 0 amide bonds. The number of ether oxygens (including phenoxy) is 3. The lowest BCUT2D eigenvalue weighted by Gasteiger charge is -2.18. The van der Waals surface area contributed by atoms with E-state index in [1.54, 1.807) is 0 Å². The second kappa shape index (κ2) is 55.7. The Morgan fingerprint density at radius 3 is 1.01 bits per heavy atom. The minimum Gasteiger partial charge on any atom is -0.462 e. The maximum absolute atomic E-state index is 12.8. The number of allylic oxidation sites excluding steroid dienone is 10. The van der Waals surface area contributed by atoms with Crippen molar-refractivity contribution in [2.24, 2.45) is 0 Å². The second-order valence-electron chi connectivity index (χ2n) is 19.2. The first-order valence-corrected chi connectivity index (χ1v) is 28.8. The SMILES string of the molecule is CC/C=C\C/C=C\C/C=C\CCCCCCCCC(=O)OC(COC(=O)CCCCC/C=C\C=C/CCCCCCCCC)COC(=O)CCCCCCCCCCCCCCCCCCC. The summed E-state index contributed by atoms with van der Waals surface area (Å²) in [6.07, 6.45) is 69.2. The molecule has 0 spiro atoms. The number of hydrogen-bond acceptors (Lipinski definition) is 6. The molecule has 0 heterocycles. The maximum Gasteiger partial charge on any atom is 0.306 e. The van der Waals surface area contributed by atoms with Crippen molar-refractivity contribution in [1.82, 2.24) is 0 Å². The summed E-state index contributed by atoms with van der Waals surface area (Å²) in [5.74, 6) is -0.914. The zero-order valence-corrected chi connectivity index (χ0v) is 44.4. The molecule has 0 saturated heterocycles. The van der Waals surface area contributed by atoms with Crippen LogP contribution in [0.1, 0.15) is 290 Å². The summed E-state index contributed by atoms with van der Waals surface area (Å²) < 4.78 is 16.8. The third kappa shape index (κ3) is 53.9. The summed E-state index contributed by atoms with van der Waals surface area (Å²) in [6, 6.07) is 0. The third-order valence-electron chi connectivity index (χ3n) is 12.5. The average molecular weight is 938 g/mol. The topological polar surface area (TPSA) is 78.9 Å². The van der Waals surface area contributed by atoms with Crippen LogP contribution in [0.2, 0.25) is 0 Å². The Labute approximate surface area is 415 Å². The highest BCUT2D eigenvalue weighted by Crippen LogP contribution is 2.16. The van der Waals surface area contributed by atoms with Crippen molar-refractivity contribution < 1.29 is 28.6 Å². The summed E-state index contributed by atoms with van der Waals surface area (Å²) in [5, 5.41) is 0. The molecule has 0 saturated carbocycles. The monoisotopic (exact) mass is 937 g/mol. The van der Waals surface area contributed by atoms with Gasteiger partial charge in [0.25, 0.3) is 0 Å². The Kier molecular flexibility index (Phi) is 53.3. The highest BCUT2D eigenvalue weighted by molar-refractivity contribution is 5.71. The fraction of sp³-hybridized carbons (Fsp3) is 0.787. The van der Waals surface area contributed by atoms with Crippen molar-refractivity contribution in [3.8, 4) is 0 Å². The molecule has 6 nitrogen and oxygen atoms in total. The van der Waals surface area contributed by atoms with E-state index in [1.807, 2.05) is 0 Å². The van der Waals surface area contributed by atoms with Crippen molar-refractivity contribution in [1.29, 1.82) is 0 Å². The van der Waals surface area contributed by atoms with Crippen LogP contribution >= 0.6 is 0 Å². The molecule has 0 rings (SSSR count). The highest BCUT2D eigenvalue weighted by Gasteiger charge is 2.19. The fourth-order valence-electron chi connectivity index (χ4n) is 8.21. The van der Waals surface area contributed by atoms with Crippen molar-refractivity contribution in [2.75, 3.05) is 13.2 Å². The molecule has 0 aliphatic carbocycles. The molecule has 388 valence electrons. The van der Waals surface area contributed by atoms with Crippen molar-refractivity contribution in [3.63, 3.8) is 0 Å². The Morgan fingerprint density at radius 1 is 0.328 bits per heavy atom. The van der Waals surface area contributed by atoms with Gasteiger partial charge < -0.3 is 14.2 Å². The zero-order valence-electron chi connectivity index (χ0n) is 44.4. The first kappa shape index (κ1) is 64.1. The molecule has 0 fully saturated rings. The van der Waals surface area contributed by atoms with Gasteiger partial charge in [0.2, 0.25) is 0 Å². The van der Waals surface area contributed by atoms with E-state index < -0.39 is 6.10 Å². The van der Waals surface area contributed by atoms with Gasteiger partial charge in [0.1, 0.15) is 13.2 Å². The minimum atomic E-state index is -0.790. The van der Waals surface area contributed by atoms with E-state index in [1.165, 1.54) is 148 Å². The van der Waals surface area contributed by atoms with Crippen LogP contribution in [-0.4, -0.2) is 37.2 Å². The van der Waals surface area contributed by atoms with Crippen LogP contribution in [-0.2, 0) is 28.6 Å².